The molecule has 160 valence electrons. The smallest absolute Gasteiger partial charge is 0.274 e. The van der Waals surface area contributed by atoms with Crippen molar-refractivity contribution in [3.05, 3.63) is 97.5 Å². The molecule has 0 N–H and O–H groups in total. The Hall–Kier alpha value is -3.42. The number of thiazole rings is 1. The van der Waals surface area contributed by atoms with Crippen LogP contribution in [0.2, 0.25) is 5.02 Å². The minimum absolute atomic E-state index is 0.136. The number of methoxy groups -OCH3 is 1. The Labute approximate surface area is 190 Å². The molecule has 32 heavy (non-hydrogen) atoms. The molecule has 0 unspecified atom stereocenters. The zero-order valence-electron chi connectivity index (χ0n) is 16.8. The van der Waals surface area contributed by atoms with Crippen LogP contribution in [0, 0.1) is 5.82 Å². The Balaban J connectivity index is 1.52. The molecule has 8 heteroatoms. The summed E-state index contributed by atoms with van der Waals surface area (Å²) in [6.07, 6.45) is 1.75. The number of hydrogen-bond donors (Lipinski definition) is 0. The molecule has 0 fully saturated rings. The lowest BCUT2D eigenvalue weighted by atomic mass is 10.2. The fourth-order valence-electron chi connectivity index (χ4n) is 3.51. The number of para-hydroxylation sites is 2. The summed E-state index contributed by atoms with van der Waals surface area (Å²) < 4.78 is 26.8. The molecule has 2 heterocycles. The van der Waals surface area contributed by atoms with E-state index in [2.05, 4.69) is 4.98 Å². The van der Waals surface area contributed by atoms with Gasteiger partial charge in [-0.1, -0.05) is 47.2 Å². The Bertz CT molecular complexity index is 1580. The highest BCUT2D eigenvalue weighted by Crippen LogP contribution is 2.37. The lowest BCUT2D eigenvalue weighted by Crippen LogP contribution is -2.22. The molecule has 2 aromatic heterocycles. The number of rotatable bonds is 5. The number of fused-ring (bicyclic) bond motifs is 3. The van der Waals surface area contributed by atoms with Crippen LogP contribution < -0.4 is 19.6 Å². The van der Waals surface area contributed by atoms with Crippen LogP contribution in [0.4, 0.5) is 4.39 Å². The fraction of sp³-hybridized carbons (Fsp3) is 0.0833. The van der Waals surface area contributed by atoms with Gasteiger partial charge in [-0.15, -0.1) is 0 Å². The molecule has 5 nitrogen and oxygen atoms in total. The Morgan fingerprint density at radius 2 is 2.00 bits per heavy atom. The van der Waals surface area contributed by atoms with E-state index < -0.39 is 0 Å². The van der Waals surface area contributed by atoms with E-state index >= 15 is 0 Å². The minimum atomic E-state index is -0.336. The van der Waals surface area contributed by atoms with E-state index in [0.717, 1.165) is 11.0 Å². The summed E-state index contributed by atoms with van der Waals surface area (Å²) in [7, 11) is 1.51. The van der Waals surface area contributed by atoms with Crippen LogP contribution in [0.3, 0.4) is 0 Å². The lowest BCUT2D eigenvalue weighted by Gasteiger charge is -2.13. The van der Waals surface area contributed by atoms with E-state index in [1.807, 2.05) is 24.3 Å². The number of halogens is 2. The quantitative estimate of drug-likeness (QED) is 0.372. The Kier molecular flexibility index (Phi) is 5.28. The van der Waals surface area contributed by atoms with Crippen LogP contribution >= 0.6 is 22.9 Å². The molecule has 0 radical (unpaired) electrons. The van der Waals surface area contributed by atoms with Gasteiger partial charge in [-0.05, 0) is 53.6 Å². The van der Waals surface area contributed by atoms with Crippen molar-refractivity contribution >= 4 is 45.0 Å². The molecular formula is C24H16ClFN2O3S. The van der Waals surface area contributed by atoms with Crippen LogP contribution in [0.1, 0.15) is 11.1 Å². The topological polar surface area (TPSA) is 52.8 Å². The van der Waals surface area contributed by atoms with Gasteiger partial charge in [-0.25, -0.2) is 13.8 Å². The summed E-state index contributed by atoms with van der Waals surface area (Å²) in [6.45, 7) is 0.136. The SMILES string of the molecule is COc1cc(C=c2sc3nc4ccccc4n3c2=O)cc(Cl)c1OCc1cccc(F)c1. The van der Waals surface area contributed by atoms with Crippen LogP contribution in [0.25, 0.3) is 22.1 Å². The second-order valence-corrected chi connectivity index (χ2v) is 8.50. The molecule has 0 saturated heterocycles. The number of imidazole rings is 1. The zero-order valence-corrected chi connectivity index (χ0v) is 18.4. The van der Waals surface area contributed by atoms with Crippen molar-refractivity contribution in [1.82, 2.24) is 9.38 Å². The number of ether oxygens (including phenoxy) is 2. The maximum atomic E-state index is 13.4. The molecule has 0 bridgehead atoms. The van der Waals surface area contributed by atoms with E-state index in [9.17, 15) is 9.18 Å². The van der Waals surface area contributed by atoms with Crippen molar-refractivity contribution in [2.24, 2.45) is 0 Å². The van der Waals surface area contributed by atoms with Gasteiger partial charge < -0.3 is 9.47 Å². The second kappa shape index (κ2) is 8.26. The fourth-order valence-corrected chi connectivity index (χ4v) is 4.77. The summed E-state index contributed by atoms with van der Waals surface area (Å²) in [6, 6.07) is 17.1. The predicted molar refractivity (Wildman–Crippen MR) is 124 cm³/mol. The van der Waals surface area contributed by atoms with E-state index in [1.165, 1.54) is 30.6 Å². The monoisotopic (exact) mass is 466 g/mol. The highest BCUT2D eigenvalue weighted by atomic mass is 35.5. The van der Waals surface area contributed by atoms with Crippen LogP contribution in [0.5, 0.6) is 11.5 Å². The number of nitrogens with zero attached hydrogens (tertiary/aromatic N) is 2. The van der Waals surface area contributed by atoms with E-state index in [0.29, 0.717) is 37.1 Å². The molecule has 3 aromatic carbocycles. The van der Waals surface area contributed by atoms with Gasteiger partial charge in [0.2, 0.25) is 0 Å². The summed E-state index contributed by atoms with van der Waals surface area (Å²) in [5, 5.41) is 0.325. The van der Waals surface area contributed by atoms with Gasteiger partial charge in [0.05, 0.1) is 27.7 Å². The van der Waals surface area contributed by atoms with Gasteiger partial charge in [-0.3, -0.25) is 4.79 Å². The van der Waals surface area contributed by atoms with E-state index in [4.69, 9.17) is 21.1 Å². The van der Waals surface area contributed by atoms with Crippen molar-refractivity contribution in [3.8, 4) is 11.5 Å². The highest BCUT2D eigenvalue weighted by Gasteiger charge is 2.14. The molecule has 0 aliphatic rings. The molecule has 5 aromatic rings. The van der Waals surface area contributed by atoms with Crippen molar-refractivity contribution in [3.63, 3.8) is 0 Å². The van der Waals surface area contributed by atoms with Gasteiger partial charge in [-0.2, -0.15) is 0 Å². The Morgan fingerprint density at radius 3 is 2.81 bits per heavy atom. The zero-order chi connectivity index (χ0) is 22.2. The first-order valence-corrected chi connectivity index (χ1v) is 10.9. The van der Waals surface area contributed by atoms with E-state index in [1.54, 1.807) is 34.7 Å². The standard InChI is InChI=1S/C24H16ClFN2O3S/c1-30-20-11-15(10-17(25)22(20)31-13-14-5-4-6-16(26)9-14)12-21-23(29)28-19-8-3-2-7-18(19)27-24(28)32-21/h2-12H,13H2,1H3. The Morgan fingerprint density at radius 1 is 1.16 bits per heavy atom. The predicted octanol–water partition coefficient (Wildman–Crippen LogP) is 4.84. The first kappa shape index (κ1) is 20.5. The first-order valence-electron chi connectivity index (χ1n) is 9.70. The normalized spacial score (nSPS) is 12.0. The van der Waals surface area contributed by atoms with Gasteiger partial charge in [0.15, 0.2) is 16.5 Å². The maximum absolute atomic E-state index is 13.4. The molecule has 0 spiro atoms. The average Bonchev–Trinajstić information content (AvgIpc) is 3.29. The molecular weight excluding hydrogens is 451 g/mol. The van der Waals surface area contributed by atoms with Gasteiger partial charge in [0.1, 0.15) is 12.4 Å². The maximum Gasteiger partial charge on any atom is 0.274 e. The number of aromatic nitrogens is 2. The van der Waals surface area contributed by atoms with Crippen molar-refractivity contribution in [2.75, 3.05) is 7.11 Å². The molecule has 5 rings (SSSR count). The summed E-state index contributed by atoms with van der Waals surface area (Å²) in [4.78, 5) is 18.1. The van der Waals surface area contributed by atoms with Gasteiger partial charge >= 0.3 is 0 Å². The lowest BCUT2D eigenvalue weighted by molar-refractivity contribution is 0.284. The third kappa shape index (κ3) is 3.70. The third-order valence-electron chi connectivity index (χ3n) is 4.97. The molecule has 0 aliphatic heterocycles. The molecule has 0 atom stereocenters. The van der Waals surface area contributed by atoms with Crippen molar-refractivity contribution in [2.45, 2.75) is 6.61 Å². The summed E-state index contributed by atoms with van der Waals surface area (Å²) in [5.74, 6) is 0.432. The van der Waals surface area contributed by atoms with Crippen molar-refractivity contribution < 1.29 is 13.9 Å². The average molecular weight is 467 g/mol. The first-order chi connectivity index (χ1) is 15.5. The van der Waals surface area contributed by atoms with Crippen molar-refractivity contribution in [1.29, 1.82) is 0 Å². The van der Waals surface area contributed by atoms with Gasteiger partial charge in [0, 0.05) is 0 Å². The van der Waals surface area contributed by atoms with E-state index in [-0.39, 0.29) is 18.0 Å². The molecule has 0 aliphatic carbocycles. The summed E-state index contributed by atoms with van der Waals surface area (Å²) >= 11 is 7.77. The third-order valence-corrected chi connectivity index (χ3v) is 6.22. The molecule has 0 saturated carbocycles. The summed E-state index contributed by atoms with van der Waals surface area (Å²) in [5.41, 5.74) is 2.78. The number of hydrogen-bond acceptors (Lipinski definition) is 5. The van der Waals surface area contributed by atoms with Crippen LogP contribution in [-0.2, 0) is 6.61 Å². The largest absolute Gasteiger partial charge is 0.493 e. The van der Waals surface area contributed by atoms with Crippen LogP contribution in [0.15, 0.2) is 65.5 Å². The van der Waals surface area contributed by atoms with Gasteiger partial charge in [0.25, 0.3) is 5.56 Å². The number of benzene rings is 3. The van der Waals surface area contributed by atoms with Crippen LogP contribution in [-0.4, -0.2) is 16.5 Å². The second-order valence-electron chi connectivity index (χ2n) is 7.09. The highest BCUT2D eigenvalue weighted by molar-refractivity contribution is 7.15. The minimum Gasteiger partial charge on any atom is -0.493 e. The molecule has 0 amide bonds.